The van der Waals surface area contributed by atoms with Crippen LogP contribution in [0.4, 0.5) is 0 Å². The Morgan fingerprint density at radius 1 is 0.920 bits per heavy atom. The van der Waals surface area contributed by atoms with Crippen LogP contribution < -0.4 is 10.3 Å². The number of benzene rings is 2. The molecule has 5 nitrogen and oxygen atoms in total. The van der Waals surface area contributed by atoms with Crippen LogP contribution in [-0.4, -0.2) is 17.1 Å². The van der Waals surface area contributed by atoms with Gasteiger partial charge >= 0.3 is 0 Å². The summed E-state index contributed by atoms with van der Waals surface area (Å²) in [5, 5.41) is 0.429. The molecule has 0 aliphatic heterocycles. The Hall–Kier alpha value is -3.47. The van der Waals surface area contributed by atoms with Crippen LogP contribution in [0.3, 0.4) is 0 Å². The molecule has 0 saturated carbocycles. The molecule has 25 heavy (non-hydrogen) atoms. The summed E-state index contributed by atoms with van der Waals surface area (Å²) < 4.78 is 11.0. The fourth-order valence-corrected chi connectivity index (χ4v) is 2.71. The fourth-order valence-electron chi connectivity index (χ4n) is 2.71. The van der Waals surface area contributed by atoms with Crippen molar-refractivity contribution in [3.8, 4) is 28.3 Å². The van der Waals surface area contributed by atoms with E-state index in [9.17, 15) is 4.79 Å². The zero-order chi connectivity index (χ0) is 17.2. The third kappa shape index (κ3) is 2.76. The average Bonchev–Trinajstić information content (AvgIpc) is 2.68. The van der Waals surface area contributed by atoms with Gasteiger partial charge in [0, 0.05) is 17.3 Å². The molecule has 122 valence electrons. The summed E-state index contributed by atoms with van der Waals surface area (Å²) in [6, 6.07) is 16.8. The van der Waals surface area contributed by atoms with Gasteiger partial charge in [0.25, 0.3) is 5.56 Å². The van der Waals surface area contributed by atoms with E-state index >= 15 is 0 Å². The lowest BCUT2D eigenvalue weighted by atomic mass is 10.0. The van der Waals surface area contributed by atoms with E-state index in [4.69, 9.17) is 9.15 Å². The molecule has 0 unspecified atom stereocenters. The molecule has 0 radical (unpaired) electrons. The molecule has 0 N–H and O–H groups in total. The van der Waals surface area contributed by atoms with Gasteiger partial charge in [-0.25, -0.2) is 0 Å². The number of pyridine rings is 1. The molecule has 0 fully saturated rings. The predicted octanol–water partition coefficient (Wildman–Crippen LogP) is 3.93. The van der Waals surface area contributed by atoms with Gasteiger partial charge in [-0.05, 0) is 29.8 Å². The summed E-state index contributed by atoms with van der Waals surface area (Å²) in [7, 11) is 1.60. The molecule has 0 amide bonds. The van der Waals surface area contributed by atoms with Crippen molar-refractivity contribution in [2.24, 2.45) is 0 Å². The number of ether oxygens (including phenoxy) is 1. The SMILES string of the molecule is COc1ccc(-c2nc(=O)c3c(-c4ccccc4)cncc3o2)cc1. The van der Waals surface area contributed by atoms with Crippen molar-refractivity contribution in [2.75, 3.05) is 7.11 Å². The predicted molar refractivity (Wildman–Crippen MR) is 95.5 cm³/mol. The van der Waals surface area contributed by atoms with Crippen molar-refractivity contribution in [3.63, 3.8) is 0 Å². The third-order valence-corrected chi connectivity index (χ3v) is 3.96. The lowest BCUT2D eigenvalue weighted by Crippen LogP contribution is -2.09. The quantitative estimate of drug-likeness (QED) is 0.569. The van der Waals surface area contributed by atoms with Gasteiger partial charge in [-0.2, -0.15) is 4.98 Å². The van der Waals surface area contributed by atoms with Crippen LogP contribution >= 0.6 is 0 Å². The summed E-state index contributed by atoms with van der Waals surface area (Å²) in [6.07, 6.45) is 3.20. The number of aromatic nitrogens is 2. The second-order valence-corrected chi connectivity index (χ2v) is 5.48. The van der Waals surface area contributed by atoms with Crippen LogP contribution in [0, 0.1) is 0 Å². The molecule has 0 aliphatic rings. The largest absolute Gasteiger partial charge is 0.497 e. The molecule has 2 aromatic carbocycles. The van der Waals surface area contributed by atoms with Gasteiger partial charge < -0.3 is 9.15 Å². The average molecular weight is 330 g/mol. The van der Waals surface area contributed by atoms with E-state index in [0.29, 0.717) is 22.1 Å². The first-order chi connectivity index (χ1) is 12.3. The molecule has 2 heterocycles. The van der Waals surface area contributed by atoms with Crippen LogP contribution in [0.15, 0.2) is 76.2 Å². The maximum atomic E-state index is 12.7. The molecule has 4 rings (SSSR count). The third-order valence-electron chi connectivity index (χ3n) is 3.96. The van der Waals surface area contributed by atoms with Crippen LogP contribution in [-0.2, 0) is 0 Å². The topological polar surface area (TPSA) is 65.2 Å². The molecule has 5 heteroatoms. The van der Waals surface area contributed by atoms with Gasteiger partial charge in [0.2, 0.25) is 5.89 Å². The first-order valence-electron chi connectivity index (χ1n) is 7.75. The number of methoxy groups -OCH3 is 1. The van der Waals surface area contributed by atoms with E-state index in [1.807, 2.05) is 30.3 Å². The molecule has 4 aromatic rings. The molecule has 0 bridgehead atoms. The Morgan fingerprint density at radius 2 is 1.68 bits per heavy atom. The van der Waals surface area contributed by atoms with E-state index in [1.165, 1.54) is 6.20 Å². The first kappa shape index (κ1) is 15.1. The van der Waals surface area contributed by atoms with E-state index < -0.39 is 0 Å². The number of nitrogens with zero attached hydrogens (tertiary/aromatic N) is 2. The summed E-state index contributed by atoms with van der Waals surface area (Å²) >= 11 is 0. The number of rotatable bonds is 3. The second kappa shape index (κ2) is 6.20. The highest BCUT2D eigenvalue weighted by Gasteiger charge is 2.13. The van der Waals surface area contributed by atoms with Gasteiger partial charge in [-0.15, -0.1) is 0 Å². The van der Waals surface area contributed by atoms with Crippen LogP contribution in [0.5, 0.6) is 5.75 Å². The smallest absolute Gasteiger partial charge is 0.284 e. The van der Waals surface area contributed by atoms with Crippen molar-refractivity contribution in [3.05, 3.63) is 77.3 Å². The number of fused-ring (bicyclic) bond motifs is 1. The molecular weight excluding hydrogens is 316 g/mol. The minimum absolute atomic E-state index is 0.257. The van der Waals surface area contributed by atoms with E-state index in [0.717, 1.165) is 11.3 Å². The van der Waals surface area contributed by atoms with Gasteiger partial charge in [0.15, 0.2) is 5.58 Å². The van der Waals surface area contributed by atoms with Gasteiger partial charge in [0.1, 0.15) is 5.75 Å². The van der Waals surface area contributed by atoms with E-state index in [1.54, 1.807) is 37.6 Å². The highest BCUT2D eigenvalue weighted by Crippen LogP contribution is 2.27. The highest BCUT2D eigenvalue weighted by atomic mass is 16.5. The van der Waals surface area contributed by atoms with Crippen molar-refractivity contribution in [1.29, 1.82) is 0 Å². The summed E-state index contributed by atoms with van der Waals surface area (Å²) in [4.78, 5) is 21.0. The van der Waals surface area contributed by atoms with Crippen molar-refractivity contribution >= 4 is 11.0 Å². The standard InChI is InChI=1S/C20H14N2O3/c1-24-15-9-7-14(8-10-15)20-22-19(23)18-16(11-21-12-17(18)25-20)13-5-3-2-4-6-13/h2-12H,1H3. The number of hydrogen-bond donors (Lipinski definition) is 0. The van der Waals surface area contributed by atoms with Gasteiger partial charge in [0.05, 0.1) is 18.7 Å². The zero-order valence-electron chi connectivity index (χ0n) is 13.5. The number of hydrogen-bond acceptors (Lipinski definition) is 5. The second-order valence-electron chi connectivity index (χ2n) is 5.48. The minimum Gasteiger partial charge on any atom is -0.497 e. The Kier molecular flexibility index (Phi) is 3.74. The Morgan fingerprint density at radius 3 is 2.40 bits per heavy atom. The van der Waals surface area contributed by atoms with Gasteiger partial charge in [-0.1, -0.05) is 30.3 Å². The minimum atomic E-state index is -0.340. The Labute approximate surface area is 143 Å². The molecule has 0 saturated heterocycles. The van der Waals surface area contributed by atoms with Crippen molar-refractivity contribution < 1.29 is 9.15 Å². The Bertz CT molecular complexity index is 1090. The van der Waals surface area contributed by atoms with E-state index in [2.05, 4.69) is 9.97 Å². The van der Waals surface area contributed by atoms with Crippen LogP contribution in [0.1, 0.15) is 0 Å². The molecule has 0 aliphatic carbocycles. The molecule has 2 aromatic heterocycles. The zero-order valence-corrected chi connectivity index (χ0v) is 13.5. The summed E-state index contributed by atoms with van der Waals surface area (Å²) in [5.74, 6) is 0.979. The monoisotopic (exact) mass is 330 g/mol. The molecule has 0 atom stereocenters. The van der Waals surface area contributed by atoms with E-state index in [-0.39, 0.29) is 11.4 Å². The van der Waals surface area contributed by atoms with Crippen LogP contribution in [0.25, 0.3) is 33.6 Å². The molecule has 0 spiro atoms. The summed E-state index contributed by atoms with van der Waals surface area (Å²) in [6.45, 7) is 0. The van der Waals surface area contributed by atoms with Crippen LogP contribution in [0.2, 0.25) is 0 Å². The lowest BCUT2D eigenvalue weighted by Gasteiger charge is -2.07. The Balaban J connectivity index is 1.90. The maximum absolute atomic E-state index is 12.7. The van der Waals surface area contributed by atoms with Crippen molar-refractivity contribution in [1.82, 2.24) is 9.97 Å². The lowest BCUT2D eigenvalue weighted by molar-refractivity contribution is 0.415. The molecular formula is C20H14N2O3. The highest BCUT2D eigenvalue weighted by molar-refractivity contribution is 5.92. The van der Waals surface area contributed by atoms with Crippen molar-refractivity contribution in [2.45, 2.75) is 0 Å². The normalized spacial score (nSPS) is 10.8. The first-order valence-corrected chi connectivity index (χ1v) is 7.75. The summed E-state index contributed by atoms with van der Waals surface area (Å²) in [5.41, 5.74) is 2.37. The maximum Gasteiger partial charge on any atom is 0.284 e. The van der Waals surface area contributed by atoms with Gasteiger partial charge in [-0.3, -0.25) is 9.78 Å². The fraction of sp³-hybridized carbons (Fsp3) is 0.0500.